The fourth-order valence-electron chi connectivity index (χ4n) is 3.75. The minimum atomic E-state index is -0.352. The maximum Gasteiger partial charge on any atom is 0.310 e. The van der Waals surface area contributed by atoms with Crippen molar-refractivity contribution in [2.75, 3.05) is 27.4 Å². The number of esters is 3. The van der Waals surface area contributed by atoms with E-state index in [1.807, 2.05) is 96.9 Å². The minimum absolute atomic E-state index is 0. The second-order valence-electron chi connectivity index (χ2n) is 12.8. The van der Waals surface area contributed by atoms with E-state index in [1.165, 1.54) is 53.4 Å². The van der Waals surface area contributed by atoms with Crippen LogP contribution in [0, 0.1) is 10.8 Å². The van der Waals surface area contributed by atoms with Crippen molar-refractivity contribution < 1.29 is 80.6 Å². The summed E-state index contributed by atoms with van der Waals surface area (Å²) in [5, 5.41) is 12.2. The van der Waals surface area contributed by atoms with Crippen LogP contribution in [-0.2, 0) is 70.7 Å². The first kappa shape index (κ1) is 76.3. The van der Waals surface area contributed by atoms with E-state index in [2.05, 4.69) is 116 Å². The van der Waals surface area contributed by atoms with Crippen molar-refractivity contribution >= 4 is 45.4 Å². The third-order valence-corrected chi connectivity index (χ3v) is 6.19. The van der Waals surface area contributed by atoms with E-state index in [9.17, 15) is 19.2 Å². The fourth-order valence-corrected chi connectivity index (χ4v) is 3.75. The molecular weight excluding hydrogens is 1140 g/mol. The molecule has 1 heterocycles. The summed E-state index contributed by atoms with van der Waals surface area (Å²) in [5.74, 6) is -0.525. The van der Waals surface area contributed by atoms with Gasteiger partial charge in [0.25, 0.3) is 0 Å². The molecule has 0 unspecified atom stereocenters. The maximum atomic E-state index is 11.5. The number of hydrogen-bond donors (Lipinski definition) is 1. The molecule has 0 spiro atoms. The van der Waals surface area contributed by atoms with Crippen LogP contribution in [0.5, 0.6) is 0 Å². The third-order valence-electron chi connectivity index (χ3n) is 6.19. The minimum Gasteiger partial charge on any atom is -0.469 e. The summed E-state index contributed by atoms with van der Waals surface area (Å²) in [5.41, 5.74) is -0.685. The summed E-state index contributed by atoms with van der Waals surface area (Å²) in [6.07, 6.45) is 4.78. The monoisotopic (exact) mass is 1220 g/mol. The number of aliphatic hydroxyl groups excluding tert-OH is 1. The molecule has 358 valence electrons. The molecule has 5 aromatic rings. The van der Waals surface area contributed by atoms with Crippen molar-refractivity contribution in [1.82, 2.24) is 9.55 Å². The van der Waals surface area contributed by atoms with E-state index in [1.54, 1.807) is 26.2 Å². The van der Waals surface area contributed by atoms with E-state index in [0.717, 1.165) is 7.11 Å². The van der Waals surface area contributed by atoms with Crippen LogP contribution in [0.25, 0.3) is 21.5 Å². The van der Waals surface area contributed by atoms with Gasteiger partial charge in [0.05, 0.1) is 25.7 Å². The SMILES string of the molecule is CC.CC.CC.CC.CC(C)(C)C(=O)n1ccnc1.CCOC(C)=O.CCOC(C)=O.CO.COC(=O)C(C)(C)C.[W].[W].c1ccc2ccccc2c1.c1ccc2ccccc2c1. The Kier molecular flexibility index (Phi) is 63.5. The number of nitrogens with zero attached hydrogens (tertiary/aromatic N) is 2. The summed E-state index contributed by atoms with van der Waals surface area (Å²) >= 11 is 0. The molecule has 0 aliphatic rings. The van der Waals surface area contributed by atoms with Gasteiger partial charge in [0.15, 0.2) is 0 Å². The molecule has 1 N–H and O–H groups in total. The number of rotatable bonds is 2. The molecular formula is C51H84N2O8W2. The molecule has 0 saturated carbocycles. The van der Waals surface area contributed by atoms with Gasteiger partial charge >= 0.3 is 17.9 Å². The van der Waals surface area contributed by atoms with Crippen molar-refractivity contribution in [3.63, 3.8) is 0 Å². The quantitative estimate of drug-likeness (QED) is 0.135. The van der Waals surface area contributed by atoms with E-state index < -0.39 is 0 Å². The smallest absolute Gasteiger partial charge is 0.310 e. The average Bonchev–Trinajstić information content (AvgIpc) is 3.82. The van der Waals surface area contributed by atoms with Crippen LogP contribution >= 0.6 is 0 Å². The van der Waals surface area contributed by atoms with Crippen LogP contribution in [0.2, 0.25) is 0 Å². The Morgan fingerprint density at radius 2 is 0.794 bits per heavy atom. The number of carbonyl (C=O) groups excluding carboxylic acids is 4. The van der Waals surface area contributed by atoms with Gasteiger partial charge in [0.2, 0.25) is 5.91 Å². The van der Waals surface area contributed by atoms with Gasteiger partial charge in [-0.05, 0) is 56.2 Å². The van der Waals surface area contributed by atoms with Crippen LogP contribution in [0.15, 0.2) is 116 Å². The first-order chi connectivity index (χ1) is 29.0. The van der Waals surface area contributed by atoms with E-state index >= 15 is 0 Å². The van der Waals surface area contributed by atoms with Gasteiger partial charge in [-0.15, -0.1) is 0 Å². The summed E-state index contributed by atoms with van der Waals surface area (Å²) < 4.78 is 14.8. The van der Waals surface area contributed by atoms with Crippen LogP contribution in [-0.4, -0.2) is 65.9 Å². The first-order valence-corrected chi connectivity index (χ1v) is 21.2. The van der Waals surface area contributed by atoms with Crippen LogP contribution in [0.4, 0.5) is 0 Å². The van der Waals surface area contributed by atoms with Crippen LogP contribution < -0.4 is 0 Å². The Labute approximate surface area is 411 Å². The number of fused-ring (bicyclic) bond motifs is 2. The Hall–Kier alpha value is -3.97. The Balaban J connectivity index is -0.0000000927. The molecule has 0 atom stereocenters. The predicted molar refractivity (Wildman–Crippen MR) is 260 cm³/mol. The average molecular weight is 1220 g/mol. The number of benzene rings is 4. The number of ether oxygens (including phenoxy) is 3. The molecule has 10 nitrogen and oxygen atoms in total. The molecule has 12 heteroatoms. The molecule has 63 heavy (non-hydrogen) atoms. The van der Waals surface area contributed by atoms with Crippen LogP contribution in [0.3, 0.4) is 0 Å². The van der Waals surface area contributed by atoms with Crippen molar-refractivity contribution in [3.8, 4) is 0 Å². The van der Waals surface area contributed by atoms with Crippen molar-refractivity contribution in [1.29, 1.82) is 0 Å². The van der Waals surface area contributed by atoms with Gasteiger partial charge in [0.1, 0.15) is 6.33 Å². The van der Waals surface area contributed by atoms with Gasteiger partial charge in [0, 0.05) is 80.9 Å². The second kappa shape index (κ2) is 52.4. The molecule has 0 fully saturated rings. The van der Waals surface area contributed by atoms with E-state index in [0.29, 0.717) is 13.2 Å². The first-order valence-electron chi connectivity index (χ1n) is 21.2. The molecule has 4 aromatic carbocycles. The number of methoxy groups -OCH3 is 1. The molecule has 0 radical (unpaired) electrons. The largest absolute Gasteiger partial charge is 0.469 e. The van der Waals surface area contributed by atoms with Gasteiger partial charge in [-0.25, -0.2) is 4.98 Å². The van der Waals surface area contributed by atoms with Crippen molar-refractivity contribution in [2.24, 2.45) is 10.8 Å². The fraction of sp³-hybridized carbons (Fsp3) is 0.471. The van der Waals surface area contributed by atoms with Gasteiger partial charge in [-0.3, -0.25) is 23.7 Å². The molecule has 1 aromatic heterocycles. The number of imidazole rings is 1. The Bertz CT molecular complexity index is 1520. The molecule has 0 saturated heterocycles. The number of hydrogen-bond acceptors (Lipinski definition) is 9. The summed E-state index contributed by atoms with van der Waals surface area (Å²) in [4.78, 5) is 45.5. The van der Waals surface area contributed by atoms with E-state index in [4.69, 9.17) is 5.11 Å². The summed E-state index contributed by atoms with van der Waals surface area (Å²) in [7, 11) is 2.40. The zero-order valence-electron chi connectivity index (χ0n) is 42.4. The second-order valence-corrected chi connectivity index (χ2v) is 12.8. The number of aromatic nitrogens is 2. The molecule has 5 rings (SSSR count). The topological polar surface area (TPSA) is 134 Å². The predicted octanol–water partition coefficient (Wildman–Crippen LogP) is 13.3. The number of carbonyl (C=O) groups is 4. The van der Waals surface area contributed by atoms with Crippen LogP contribution in [0.1, 0.15) is 129 Å². The van der Waals surface area contributed by atoms with Crippen molar-refractivity contribution in [3.05, 3.63) is 116 Å². The van der Waals surface area contributed by atoms with Gasteiger partial charge in [-0.1, -0.05) is 173 Å². The Morgan fingerprint density at radius 1 is 0.540 bits per heavy atom. The number of aliphatic hydroxyl groups is 1. The van der Waals surface area contributed by atoms with Gasteiger partial charge < -0.3 is 19.3 Å². The normalized spacial score (nSPS) is 8.52. The molecule has 0 amide bonds. The summed E-state index contributed by atoms with van der Waals surface area (Å²) in [6, 6.07) is 33.4. The third kappa shape index (κ3) is 45.9. The standard InChI is InChI=1S/2C10H8.C8H12N2O.C6H12O2.2C4H8O2.4C2H6.CH4O.2W/c2*1-2-6-10-8-4-3-7-9(10)5-1;1-8(2,3)7(11)10-5-4-9-6-10;1-6(2,3)5(7)8-4;2*1-3-6-4(2)5;5*1-2;;/h2*1-8H;4-6H,1-3H3;1-4H3;2*3H2,1-2H3;4*1-2H3;2H,1H3;;. The summed E-state index contributed by atoms with van der Waals surface area (Å²) in [6.45, 7) is 34.4. The Morgan fingerprint density at radius 3 is 0.905 bits per heavy atom. The molecule has 0 aliphatic heterocycles. The van der Waals surface area contributed by atoms with Gasteiger partial charge in [-0.2, -0.15) is 0 Å². The molecule has 0 aliphatic carbocycles. The van der Waals surface area contributed by atoms with Crippen molar-refractivity contribution in [2.45, 2.75) is 125 Å². The molecule has 0 bridgehead atoms. The zero-order chi connectivity index (χ0) is 48.9. The zero-order valence-corrected chi connectivity index (χ0v) is 48.3. The van der Waals surface area contributed by atoms with E-state index in [-0.39, 0.29) is 76.8 Å². The maximum absolute atomic E-state index is 11.5.